The van der Waals surface area contributed by atoms with E-state index in [2.05, 4.69) is 36.3 Å². The van der Waals surface area contributed by atoms with Gasteiger partial charge in [0.15, 0.2) is 0 Å². The summed E-state index contributed by atoms with van der Waals surface area (Å²) in [5, 5.41) is 1.12. The van der Waals surface area contributed by atoms with Crippen LogP contribution in [0.5, 0.6) is 0 Å². The van der Waals surface area contributed by atoms with Gasteiger partial charge in [-0.05, 0) is 56.0 Å². The normalized spacial score (nSPS) is 15.7. The predicted molar refractivity (Wildman–Crippen MR) is 128 cm³/mol. The van der Waals surface area contributed by atoms with Crippen molar-refractivity contribution in [1.82, 2.24) is 9.55 Å². The molecule has 172 valence electrons. The number of hydrogen-bond acceptors (Lipinski definition) is 4. The summed E-state index contributed by atoms with van der Waals surface area (Å²) in [7, 11) is 1.71. The van der Waals surface area contributed by atoms with Gasteiger partial charge in [-0.25, -0.2) is 4.39 Å². The molecule has 3 aromatic rings. The molecule has 0 radical (unpaired) electrons. The van der Waals surface area contributed by atoms with Crippen LogP contribution in [0.4, 0.5) is 10.1 Å². The first-order valence-corrected chi connectivity index (χ1v) is 11.6. The Bertz CT molecular complexity index is 1090. The lowest BCUT2D eigenvalue weighted by Gasteiger charge is -2.29. The van der Waals surface area contributed by atoms with E-state index in [9.17, 15) is 4.39 Å². The summed E-state index contributed by atoms with van der Waals surface area (Å²) in [5.74, 6) is 0.256. The summed E-state index contributed by atoms with van der Waals surface area (Å²) < 4.78 is 27.8. The number of anilines is 1. The number of pyridine rings is 1. The van der Waals surface area contributed by atoms with Gasteiger partial charge in [0.05, 0.1) is 48.1 Å². The predicted octanol–water partition coefficient (Wildman–Crippen LogP) is 5.60. The molecular weight excluding hydrogens is 405 g/mol. The second kappa shape index (κ2) is 9.59. The fraction of sp³-hybridized carbons (Fsp3) is 0.500. The Morgan fingerprint density at radius 1 is 1.16 bits per heavy atom. The number of benzene rings is 1. The molecule has 0 bridgehead atoms. The molecule has 1 fully saturated rings. The van der Waals surface area contributed by atoms with E-state index in [1.54, 1.807) is 19.2 Å². The summed E-state index contributed by atoms with van der Waals surface area (Å²) >= 11 is 0. The Hall–Kier alpha value is -2.44. The van der Waals surface area contributed by atoms with Crippen LogP contribution in [0, 0.1) is 11.7 Å². The molecule has 0 amide bonds. The Morgan fingerprint density at radius 2 is 1.91 bits per heavy atom. The number of methoxy groups -OCH3 is 1. The summed E-state index contributed by atoms with van der Waals surface area (Å²) in [6.45, 7) is 12.5. The first-order valence-electron chi connectivity index (χ1n) is 11.6. The highest BCUT2D eigenvalue weighted by Crippen LogP contribution is 2.40. The maximum absolute atomic E-state index is 14.3. The number of nitrogens with zero attached hydrogens (tertiary/aromatic N) is 3. The monoisotopic (exact) mass is 439 g/mol. The highest BCUT2D eigenvalue weighted by atomic mass is 19.1. The molecule has 1 atom stereocenters. The molecule has 5 nitrogen and oxygen atoms in total. The lowest BCUT2D eigenvalue weighted by atomic mass is 9.95. The minimum atomic E-state index is -0.210. The first kappa shape index (κ1) is 22.7. The van der Waals surface area contributed by atoms with E-state index >= 15 is 0 Å². The maximum atomic E-state index is 14.3. The molecule has 1 aliphatic rings. The molecule has 0 saturated carbocycles. The average molecular weight is 440 g/mol. The maximum Gasteiger partial charge on any atom is 0.125 e. The van der Waals surface area contributed by atoms with Gasteiger partial charge < -0.3 is 18.9 Å². The number of aryl methyl sites for hydroxylation is 1. The Balaban J connectivity index is 2.00. The molecule has 0 unspecified atom stereocenters. The van der Waals surface area contributed by atoms with Crippen molar-refractivity contribution in [3.05, 3.63) is 47.5 Å². The zero-order valence-electron chi connectivity index (χ0n) is 19.8. The molecule has 32 heavy (non-hydrogen) atoms. The number of rotatable bonds is 7. The van der Waals surface area contributed by atoms with Crippen molar-refractivity contribution in [2.24, 2.45) is 5.92 Å². The third kappa shape index (κ3) is 4.26. The van der Waals surface area contributed by atoms with Crippen LogP contribution < -0.4 is 4.90 Å². The van der Waals surface area contributed by atoms with Crippen molar-refractivity contribution in [2.45, 2.75) is 46.8 Å². The molecule has 1 aliphatic heterocycles. The minimum Gasteiger partial charge on any atom is -0.378 e. The van der Waals surface area contributed by atoms with Crippen LogP contribution in [0.15, 0.2) is 30.5 Å². The molecule has 1 aromatic carbocycles. The van der Waals surface area contributed by atoms with Crippen LogP contribution in [-0.4, -0.2) is 43.0 Å². The fourth-order valence-corrected chi connectivity index (χ4v) is 4.73. The minimum absolute atomic E-state index is 0.157. The third-order valence-electron chi connectivity index (χ3n) is 6.33. The second-order valence-corrected chi connectivity index (χ2v) is 8.93. The highest BCUT2D eigenvalue weighted by molar-refractivity contribution is 5.93. The van der Waals surface area contributed by atoms with Crippen molar-refractivity contribution >= 4 is 16.6 Å². The summed E-state index contributed by atoms with van der Waals surface area (Å²) in [6, 6.07) is 7.39. The van der Waals surface area contributed by atoms with E-state index in [0.717, 1.165) is 72.8 Å². The SMILES string of the molecule is CCn1c(-c2cc(N3CCOCC3)cnc2[C@H](C)OC)c(CC(C)C)c2ccc(F)cc21. The van der Waals surface area contributed by atoms with Crippen LogP contribution in [-0.2, 0) is 22.4 Å². The molecule has 6 heteroatoms. The first-order chi connectivity index (χ1) is 15.4. The van der Waals surface area contributed by atoms with Crippen LogP contribution >= 0.6 is 0 Å². The number of morpholine rings is 1. The van der Waals surface area contributed by atoms with Gasteiger partial charge in [-0.3, -0.25) is 4.98 Å². The standard InChI is InChI=1S/C26H34FN3O2/c1-6-30-24-14-19(27)7-8-21(24)22(13-17(2)3)26(30)23-15-20(29-9-11-32-12-10-29)16-28-25(23)18(4)31-5/h7-8,14-18H,6,9-13H2,1-5H3/t18-/m0/s1. The molecule has 1 saturated heterocycles. The molecule has 0 aliphatic carbocycles. The number of ether oxygens (including phenoxy) is 2. The lowest BCUT2D eigenvalue weighted by Crippen LogP contribution is -2.36. The molecule has 0 N–H and O–H groups in total. The molecule has 0 spiro atoms. The van der Waals surface area contributed by atoms with E-state index in [1.807, 2.05) is 19.2 Å². The van der Waals surface area contributed by atoms with Gasteiger partial charge in [0.25, 0.3) is 0 Å². The van der Waals surface area contributed by atoms with Crippen LogP contribution in [0.3, 0.4) is 0 Å². The number of hydrogen-bond donors (Lipinski definition) is 0. The fourth-order valence-electron chi connectivity index (χ4n) is 4.73. The molecule has 2 aromatic heterocycles. The van der Waals surface area contributed by atoms with Crippen molar-refractivity contribution in [1.29, 1.82) is 0 Å². The quantitative estimate of drug-likeness (QED) is 0.480. The molecule has 4 rings (SSSR count). The lowest BCUT2D eigenvalue weighted by molar-refractivity contribution is 0.116. The van der Waals surface area contributed by atoms with Gasteiger partial charge >= 0.3 is 0 Å². The summed E-state index contributed by atoms with van der Waals surface area (Å²) in [4.78, 5) is 7.21. The average Bonchev–Trinajstić information content (AvgIpc) is 3.10. The highest BCUT2D eigenvalue weighted by Gasteiger charge is 2.25. The van der Waals surface area contributed by atoms with Crippen molar-refractivity contribution in [2.75, 3.05) is 38.3 Å². The van der Waals surface area contributed by atoms with E-state index in [4.69, 9.17) is 14.5 Å². The van der Waals surface area contributed by atoms with Gasteiger partial charge in [-0.2, -0.15) is 0 Å². The van der Waals surface area contributed by atoms with E-state index in [-0.39, 0.29) is 11.9 Å². The van der Waals surface area contributed by atoms with Gasteiger partial charge in [0, 0.05) is 37.7 Å². The third-order valence-corrected chi connectivity index (χ3v) is 6.33. The van der Waals surface area contributed by atoms with E-state index < -0.39 is 0 Å². The topological polar surface area (TPSA) is 39.5 Å². The zero-order chi connectivity index (χ0) is 22.8. The van der Waals surface area contributed by atoms with Gasteiger partial charge in [-0.1, -0.05) is 13.8 Å². The summed E-state index contributed by atoms with van der Waals surface area (Å²) in [6.07, 6.45) is 2.70. The number of fused-ring (bicyclic) bond motifs is 1. The molecule has 3 heterocycles. The van der Waals surface area contributed by atoms with Crippen molar-refractivity contribution in [3.8, 4) is 11.3 Å². The van der Waals surface area contributed by atoms with Gasteiger partial charge in [-0.15, -0.1) is 0 Å². The number of halogens is 1. The number of aromatic nitrogens is 2. The van der Waals surface area contributed by atoms with Crippen molar-refractivity contribution < 1.29 is 13.9 Å². The van der Waals surface area contributed by atoms with Crippen LogP contribution in [0.25, 0.3) is 22.2 Å². The molecular formula is C26H34FN3O2. The van der Waals surface area contributed by atoms with Gasteiger partial charge in [0.1, 0.15) is 5.82 Å². The Morgan fingerprint density at radius 3 is 2.56 bits per heavy atom. The smallest absolute Gasteiger partial charge is 0.125 e. The Kier molecular flexibility index (Phi) is 6.82. The van der Waals surface area contributed by atoms with E-state index in [0.29, 0.717) is 5.92 Å². The Labute approximate surface area is 190 Å². The largest absolute Gasteiger partial charge is 0.378 e. The zero-order valence-corrected chi connectivity index (χ0v) is 19.8. The van der Waals surface area contributed by atoms with Gasteiger partial charge in [0.2, 0.25) is 0 Å². The van der Waals surface area contributed by atoms with Crippen molar-refractivity contribution in [3.63, 3.8) is 0 Å². The van der Waals surface area contributed by atoms with Crippen LogP contribution in [0.2, 0.25) is 0 Å². The van der Waals surface area contributed by atoms with Crippen LogP contribution in [0.1, 0.15) is 45.1 Å². The van der Waals surface area contributed by atoms with E-state index in [1.165, 1.54) is 5.56 Å². The summed E-state index contributed by atoms with van der Waals surface area (Å²) in [5.41, 5.74) is 6.38. The second-order valence-electron chi connectivity index (χ2n) is 8.93.